The number of thioether (sulfide) groups is 1. The van der Waals surface area contributed by atoms with Crippen LogP contribution in [-0.2, 0) is 9.53 Å². The second-order valence-electron chi connectivity index (χ2n) is 5.89. The molecule has 2 aromatic rings. The maximum Gasteiger partial charge on any atom is 0.431 e. The minimum Gasteiger partial charge on any atom is -0.346 e. The first kappa shape index (κ1) is 21.8. The molecule has 0 aliphatic carbocycles. The maximum absolute atomic E-state index is 13.4. The summed E-state index contributed by atoms with van der Waals surface area (Å²) in [6.07, 6.45) is -3.98. The van der Waals surface area contributed by atoms with Crippen LogP contribution in [0.4, 0.5) is 24.0 Å². The van der Waals surface area contributed by atoms with Gasteiger partial charge in [-0.15, -0.1) is 10.2 Å². The number of hydrogen-bond donors (Lipinski definition) is 1. The van der Waals surface area contributed by atoms with Crippen molar-refractivity contribution in [3.8, 4) is 0 Å². The van der Waals surface area contributed by atoms with E-state index in [1.807, 2.05) is 6.26 Å². The van der Waals surface area contributed by atoms with Gasteiger partial charge in [0, 0.05) is 0 Å². The fourth-order valence-corrected chi connectivity index (χ4v) is 4.04. The summed E-state index contributed by atoms with van der Waals surface area (Å²) >= 11 is 8.67. The number of carbonyl (C=O) groups excluding carboxylic acids is 1. The van der Waals surface area contributed by atoms with E-state index in [2.05, 4.69) is 20.6 Å². The topological polar surface area (TPSA) is 79.7 Å². The van der Waals surface area contributed by atoms with Crippen molar-refractivity contribution < 1.29 is 22.7 Å². The third kappa shape index (κ3) is 5.00. The zero-order valence-corrected chi connectivity index (χ0v) is 17.5. The third-order valence-corrected chi connectivity index (χ3v) is 6.05. The Labute approximate surface area is 177 Å². The Balaban J connectivity index is 1.75. The first-order valence-electron chi connectivity index (χ1n) is 8.19. The number of nitrogens with one attached hydrogen (secondary N) is 1. The molecule has 0 bridgehead atoms. The Bertz CT molecular complexity index is 924. The number of anilines is 2. The SMILES string of the molecule is CSc1nnc(NC(=O)COC2C(C)C(C(F)(F)F)=NN2c2ccccc2Cl)s1. The van der Waals surface area contributed by atoms with Crippen molar-refractivity contribution in [2.45, 2.75) is 23.7 Å². The van der Waals surface area contributed by atoms with Crippen LogP contribution in [0, 0.1) is 5.92 Å². The highest BCUT2D eigenvalue weighted by molar-refractivity contribution is 8.00. The number of rotatable bonds is 6. The number of para-hydroxylation sites is 1. The molecule has 29 heavy (non-hydrogen) atoms. The smallest absolute Gasteiger partial charge is 0.346 e. The first-order valence-corrected chi connectivity index (χ1v) is 10.6. The van der Waals surface area contributed by atoms with Crippen LogP contribution in [0.5, 0.6) is 0 Å². The number of hydrazone groups is 1. The minimum absolute atomic E-state index is 0.211. The van der Waals surface area contributed by atoms with Crippen molar-refractivity contribution >= 4 is 57.1 Å². The summed E-state index contributed by atoms with van der Waals surface area (Å²) in [4.78, 5) is 12.2. The molecule has 0 radical (unpaired) electrons. The van der Waals surface area contributed by atoms with Gasteiger partial charge in [-0.05, 0) is 18.4 Å². The molecule has 1 N–H and O–H groups in total. The van der Waals surface area contributed by atoms with Crippen LogP contribution in [0.15, 0.2) is 33.7 Å². The fraction of sp³-hybridized carbons (Fsp3) is 0.375. The van der Waals surface area contributed by atoms with E-state index in [1.54, 1.807) is 12.1 Å². The predicted octanol–water partition coefficient (Wildman–Crippen LogP) is 4.27. The molecule has 13 heteroatoms. The van der Waals surface area contributed by atoms with E-state index in [4.69, 9.17) is 16.3 Å². The van der Waals surface area contributed by atoms with E-state index in [-0.39, 0.29) is 15.8 Å². The highest BCUT2D eigenvalue weighted by Gasteiger charge is 2.49. The molecule has 0 fully saturated rings. The number of amides is 1. The standard InChI is InChI=1S/C16H15ClF3N5O2S2/c1-8-12(16(18,19)20)24-25(10-6-4-3-5-9(10)17)13(8)27-7-11(26)21-14-22-23-15(28-2)29-14/h3-6,8,13H,7H2,1-2H3,(H,21,22,26). The largest absolute Gasteiger partial charge is 0.431 e. The molecule has 156 valence electrons. The summed E-state index contributed by atoms with van der Waals surface area (Å²) in [6, 6.07) is 6.33. The van der Waals surface area contributed by atoms with Crippen molar-refractivity contribution in [3.05, 3.63) is 29.3 Å². The summed E-state index contributed by atoms with van der Waals surface area (Å²) in [5.74, 6) is -1.70. The number of aromatic nitrogens is 2. The summed E-state index contributed by atoms with van der Waals surface area (Å²) in [6.45, 7) is 0.839. The van der Waals surface area contributed by atoms with Crippen LogP contribution >= 0.6 is 34.7 Å². The van der Waals surface area contributed by atoms with Crippen LogP contribution in [-0.4, -0.2) is 47.1 Å². The Hall–Kier alpha value is -1.89. The number of nitrogens with zero attached hydrogens (tertiary/aromatic N) is 4. The number of hydrogen-bond acceptors (Lipinski definition) is 8. The van der Waals surface area contributed by atoms with Crippen LogP contribution in [0.2, 0.25) is 5.02 Å². The van der Waals surface area contributed by atoms with Crippen molar-refractivity contribution in [1.29, 1.82) is 0 Å². The molecule has 2 unspecified atom stereocenters. The lowest BCUT2D eigenvalue weighted by Gasteiger charge is -2.26. The molecule has 3 rings (SSSR count). The number of ether oxygens (including phenoxy) is 1. The number of benzene rings is 1. The third-order valence-electron chi connectivity index (χ3n) is 3.92. The summed E-state index contributed by atoms with van der Waals surface area (Å²) in [5.41, 5.74) is -0.754. The number of alkyl halides is 3. The van der Waals surface area contributed by atoms with E-state index in [1.165, 1.54) is 42.2 Å². The van der Waals surface area contributed by atoms with E-state index < -0.39 is 36.5 Å². The number of halogens is 4. The Morgan fingerprint density at radius 2 is 2.10 bits per heavy atom. The maximum atomic E-state index is 13.4. The molecule has 2 atom stereocenters. The molecular formula is C16H15ClF3N5O2S2. The Morgan fingerprint density at radius 3 is 2.72 bits per heavy atom. The molecule has 1 amide bonds. The number of carbonyl (C=O) groups is 1. The van der Waals surface area contributed by atoms with E-state index >= 15 is 0 Å². The van der Waals surface area contributed by atoms with Gasteiger partial charge in [-0.25, -0.2) is 5.01 Å². The summed E-state index contributed by atoms with van der Waals surface area (Å²) in [5, 5.41) is 15.4. The molecule has 1 aromatic heterocycles. The lowest BCUT2D eigenvalue weighted by atomic mass is 10.0. The van der Waals surface area contributed by atoms with Crippen molar-refractivity contribution in [1.82, 2.24) is 10.2 Å². The van der Waals surface area contributed by atoms with Gasteiger partial charge in [-0.1, -0.05) is 53.8 Å². The van der Waals surface area contributed by atoms with Gasteiger partial charge in [0.2, 0.25) is 5.13 Å². The molecule has 7 nitrogen and oxygen atoms in total. The molecule has 1 aliphatic heterocycles. The Kier molecular flexibility index (Phi) is 6.66. The van der Waals surface area contributed by atoms with Crippen LogP contribution in [0.3, 0.4) is 0 Å². The Morgan fingerprint density at radius 1 is 1.38 bits per heavy atom. The molecule has 0 saturated heterocycles. The molecule has 2 heterocycles. The van der Waals surface area contributed by atoms with Gasteiger partial charge in [0.15, 0.2) is 10.6 Å². The quantitative estimate of drug-likeness (QED) is 0.507. The lowest BCUT2D eigenvalue weighted by Crippen LogP contribution is -2.39. The van der Waals surface area contributed by atoms with Crippen LogP contribution in [0.1, 0.15) is 6.92 Å². The van der Waals surface area contributed by atoms with E-state index in [9.17, 15) is 18.0 Å². The second-order valence-corrected chi connectivity index (χ2v) is 8.33. The van der Waals surface area contributed by atoms with Crippen molar-refractivity contribution in [2.75, 3.05) is 23.2 Å². The molecule has 0 spiro atoms. The highest BCUT2D eigenvalue weighted by atomic mass is 35.5. The van der Waals surface area contributed by atoms with Gasteiger partial charge in [-0.2, -0.15) is 18.3 Å². The minimum atomic E-state index is -4.64. The molecule has 1 aliphatic rings. The van der Waals surface area contributed by atoms with Gasteiger partial charge in [0.05, 0.1) is 16.6 Å². The molecule has 0 saturated carbocycles. The van der Waals surface area contributed by atoms with Gasteiger partial charge >= 0.3 is 6.18 Å². The van der Waals surface area contributed by atoms with E-state index in [0.717, 1.165) is 5.01 Å². The molecular weight excluding hydrogens is 451 g/mol. The first-order chi connectivity index (χ1) is 13.7. The van der Waals surface area contributed by atoms with Gasteiger partial charge in [0.1, 0.15) is 12.3 Å². The monoisotopic (exact) mass is 465 g/mol. The average molecular weight is 466 g/mol. The lowest BCUT2D eigenvalue weighted by molar-refractivity contribution is -0.123. The fourth-order valence-electron chi connectivity index (χ4n) is 2.63. The van der Waals surface area contributed by atoms with Crippen molar-refractivity contribution in [3.63, 3.8) is 0 Å². The molecule has 1 aromatic carbocycles. The van der Waals surface area contributed by atoms with Gasteiger partial charge < -0.3 is 4.74 Å². The van der Waals surface area contributed by atoms with Crippen molar-refractivity contribution in [2.24, 2.45) is 11.0 Å². The summed E-state index contributed by atoms with van der Waals surface area (Å²) < 4.78 is 46.3. The zero-order chi connectivity index (χ0) is 21.2. The van der Waals surface area contributed by atoms with Crippen LogP contribution < -0.4 is 10.3 Å². The van der Waals surface area contributed by atoms with Gasteiger partial charge in [0.25, 0.3) is 5.91 Å². The zero-order valence-electron chi connectivity index (χ0n) is 15.1. The summed E-state index contributed by atoms with van der Waals surface area (Å²) in [7, 11) is 0. The average Bonchev–Trinajstić information content (AvgIpc) is 3.24. The second kappa shape index (κ2) is 8.86. The normalized spacial score (nSPS) is 19.4. The van der Waals surface area contributed by atoms with E-state index in [0.29, 0.717) is 4.34 Å². The predicted molar refractivity (Wildman–Crippen MR) is 107 cm³/mol. The highest BCUT2D eigenvalue weighted by Crippen LogP contribution is 2.38. The van der Waals surface area contributed by atoms with Crippen LogP contribution in [0.25, 0.3) is 0 Å². The van der Waals surface area contributed by atoms with Gasteiger partial charge in [-0.3, -0.25) is 10.1 Å².